The number of hydrogen-bond donors (Lipinski definition) is 1. The minimum atomic E-state index is 0.168. The van der Waals surface area contributed by atoms with Gasteiger partial charge in [0.25, 0.3) is 0 Å². The normalized spacial score (nSPS) is 11.8. The summed E-state index contributed by atoms with van der Waals surface area (Å²) in [6.45, 7) is 11.7. The number of nitrogens with two attached hydrogens (primary N) is 1. The van der Waals surface area contributed by atoms with Crippen molar-refractivity contribution in [2.24, 2.45) is 0 Å². The zero-order chi connectivity index (χ0) is 14.9. The van der Waals surface area contributed by atoms with Gasteiger partial charge in [-0.2, -0.15) is 0 Å². The molecule has 0 amide bonds. The minimum absolute atomic E-state index is 0.168. The average molecular weight is 271 g/mol. The van der Waals surface area contributed by atoms with E-state index in [-0.39, 0.29) is 5.41 Å². The predicted molar refractivity (Wildman–Crippen MR) is 85.8 cm³/mol. The second-order valence-corrected chi connectivity index (χ2v) is 6.37. The molecule has 2 rings (SSSR count). The van der Waals surface area contributed by atoms with Crippen molar-refractivity contribution in [3.05, 3.63) is 35.7 Å². The first-order chi connectivity index (χ1) is 9.34. The Hall–Kier alpha value is -1.77. The van der Waals surface area contributed by atoms with E-state index in [0.717, 1.165) is 35.9 Å². The van der Waals surface area contributed by atoms with Crippen LogP contribution in [0.1, 0.15) is 45.5 Å². The molecule has 3 nitrogen and oxygen atoms in total. The summed E-state index contributed by atoms with van der Waals surface area (Å²) in [6.07, 6.45) is 1.06. The molecule has 1 heterocycles. The SMILES string of the molecule is CCCn1c(C)nc(-c2ccc(C(C)(C)C)cc2)c1N. The van der Waals surface area contributed by atoms with Crippen molar-refractivity contribution >= 4 is 5.82 Å². The average Bonchev–Trinajstić information content (AvgIpc) is 2.66. The molecule has 1 aromatic carbocycles. The molecule has 0 saturated heterocycles. The highest BCUT2D eigenvalue weighted by Crippen LogP contribution is 2.29. The molecule has 0 bridgehead atoms. The fourth-order valence-corrected chi connectivity index (χ4v) is 2.43. The maximum atomic E-state index is 6.25. The predicted octanol–water partition coefficient (Wildman–Crippen LogP) is 4.15. The van der Waals surface area contributed by atoms with Crippen LogP contribution in [0, 0.1) is 6.92 Å². The number of aryl methyl sites for hydroxylation is 1. The van der Waals surface area contributed by atoms with Crippen molar-refractivity contribution in [1.82, 2.24) is 9.55 Å². The lowest BCUT2D eigenvalue weighted by atomic mass is 9.86. The van der Waals surface area contributed by atoms with Crippen LogP contribution < -0.4 is 5.73 Å². The third-order valence-electron chi connectivity index (χ3n) is 3.67. The summed E-state index contributed by atoms with van der Waals surface area (Å²) >= 11 is 0. The highest BCUT2D eigenvalue weighted by Gasteiger charge is 2.16. The molecule has 0 atom stereocenters. The van der Waals surface area contributed by atoms with E-state index in [1.807, 2.05) is 6.92 Å². The molecule has 0 aliphatic heterocycles. The van der Waals surface area contributed by atoms with Gasteiger partial charge in [0.1, 0.15) is 17.3 Å². The molecule has 2 aromatic rings. The van der Waals surface area contributed by atoms with Crippen LogP contribution in [0.3, 0.4) is 0 Å². The second kappa shape index (κ2) is 5.31. The lowest BCUT2D eigenvalue weighted by Gasteiger charge is -2.19. The van der Waals surface area contributed by atoms with Gasteiger partial charge in [0.15, 0.2) is 0 Å². The van der Waals surface area contributed by atoms with E-state index in [2.05, 4.69) is 61.5 Å². The fraction of sp³-hybridized carbons (Fsp3) is 0.471. The van der Waals surface area contributed by atoms with Crippen LogP contribution in [0.15, 0.2) is 24.3 Å². The second-order valence-electron chi connectivity index (χ2n) is 6.37. The molecule has 0 saturated carbocycles. The van der Waals surface area contributed by atoms with Gasteiger partial charge in [-0.05, 0) is 24.3 Å². The summed E-state index contributed by atoms with van der Waals surface area (Å²) in [6, 6.07) is 8.58. The molecular weight excluding hydrogens is 246 g/mol. The molecule has 20 heavy (non-hydrogen) atoms. The number of benzene rings is 1. The Morgan fingerprint density at radius 1 is 1.15 bits per heavy atom. The number of rotatable bonds is 3. The summed E-state index contributed by atoms with van der Waals surface area (Å²) in [5.41, 5.74) is 9.73. The van der Waals surface area contributed by atoms with Crippen molar-refractivity contribution in [1.29, 1.82) is 0 Å². The highest BCUT2D eigenvalue weighted by molar-refractivity contribution is 5.71. The number of hydrogen-bond acceptors (Lipinski definition) is 2. The first-order valence-corrected chi connectivity index (χ1v) is 7.28. The smallest absolute Gasteiger partial charge is 0.131 e. The minimum Gasteiger partial charge on any atom is -0.383 e. The molecule has 0 spiro atoms. The number of aromatic nitrogens is 2. The van der Waals surface area contributed by atoms with Gasteiger partial charge in [0, 0.05) is 12.1 Å². The lowest BCUT2D eigenvalue weighted by Crippen LogP contribution is -2.10. The lowest BCUT2D eigenvalue weighted by molar-refractivity contribution is 0.590. The first-order valence-electron chi connectivity index (χ1n) is 7.28. The van der Waals surface area contributed by atoms with Crippen LogP contribution in [0.25, 0.3) is 11.3 Å². The van der Waals surface area contributed by atoms with Crippen molar-refractivity contribution in [3.63, 3.8) is 0 Å². The molecule has 2 N–H and O–H groups in total. The summed E-state index contributed by atoms with van der Waals surface area (Å²) < 4.78 is 2.09. The van der Waals surface area contributed by atoms with Gasteiger partial charge in [0.2, 0.25) is 0 Å². The van der Waals surface area contributed by atoms with E-state index in [1.165, 1.54) is 5.56 Å². The molecule has 3 heteroatoms. The summed E-state index contributed by atoms with van der Waals surface area (Å²) in [5, 5.41) is 0. The van der Waals surface area contributed by atoms with Crippen molar-refractivity contribution in [2.45, 2.75) is 53.0 Å². The fourth-order valence-electron chi connectivity index (χ4n) is 2.43. The summed E-state index contributed by atoms with van der Waals surface area (Å²) in [4.78, 5) is 4.63. The van der Waals surface area contributed by atoms with Crippen LogP contribution in [0.5, 0.6) is 0 Å². The number of anilines is 1. The van der Waals surface area contributed by atoms with E-state index < -0.39 is 0 Å². The molecule has 0 aliphatic carbocycles. The molecule has 0 aliphatic rings. The zero-order valence-electron chi connectivity index (χ0n) is 13.2. The Kier molecular flexibility index (Phi) is 3.89. The van der Waals surface area contributed by atoms with E-state index in [1.54, 1.807) is 0 Å². The van der Waals surface area contributed by atoms with Crippen molar-refractivity contribution in [3.8, 4) is 11.3 Å². The molecular formula is C17H25N3. The van der Waals surface area contributed by atoms with Crippen LogP contribution in [-0.4, -0.2) is 9.55 Å². The standard InChI is InChI=1S/C17H25N3/c1-6-11-20-12(2)19-15(16(20)18)13-7-9-14(10-8-13)17(3,4)5/h7-10H,6,11,18H2,1-5H3. The van der Waals surface area contributed by atoms with Crippen LogP contribution in [0.2, 0.25) is 0 Å². The third-order valence-corrected chi connectivity index (χ3v) is 3.67. The van der Waals surface area contributed by atoms with Gasteiger partial charge in [-0.25, -0.2) is 4.98 Å². The van der Waals surface area contributed by atoms with Crippen molar-refractivity contribution < 1.29 is 0 Å². The molecule has 1 aromatic heterocycles. The van der Waals surface area contributed by atoms with Gasteiger partial charge in [-0.3, -0.25) is 0 Å². The van der Waals surface area contributed by atoms with Gasteiger partial charge in [-0.15, -0.1) is 0 Å². The van der Waals surface area contributed by atoms with E-state index >= 15 is 0 Å². The summed E-state index contributed by atoms with van der Waals surface area (Å²) in [7, 11) is 0. The van der Waals surface area contributed by atoms with E-state index in [4.69, 9.17) is 5.73 Å². The maximum absolute atomic E-state index is 6.25. The largest absolute Gasteiger partial charge is 0.383 e. The Morgan fingerprint density at radius 2 is 1.75 bits per heavy atom. The molecule has 0 radical (unpaired) electrons. The Labute approximate surface area is 121 Å². The number of nitrogens with zero attached hydrogens (tertiary/aromatic N) is 2. The van der Waals surface area contributed by atoms with Gasteiger partial charge in [0.05, 0.1) is 0 Å². The quantitative estimate of drug-likeness (QED) is 0.911. The van der Waals surface area contributed by atoms with Crippen molar-refractivity contribution in [2.75, 3.05) is 5.73 Å². The topological polar surface area (TPSA) is 43.8 Å². The van der Waals surface area contributed by atoms with E-state index in [0.29, 0.717) is 0 Å². The summed E-state index contributed by atoms with van der Waals surface area (Å²) in [5.74, 6) is 1.76. The molecule has 0 fully saturated rings. The molecule has 108 valence electrons. The van der Waals surface area contributed by atoms with Crippen LogP contribution in [-0.2, 0) is 12.0 Å². The number of imidazole rings is 1. The van der Waals surface area contributed by atoms with Gasteiger partial charge >= 0.3 is 0 Å². The van der Waals surface area contributed by atoms with Crippen LogP contribution in [0.4, 0.5) is 5.82 Å². The Balaban J connectivity index is 2.40. The zero-order valence-corrected chi connectivity index (χ0v) is 13.2. The number of nitrogen functional groups attached to an aromatic ring is 1. The van der Waals surface area contributed by atoms with E-state index in [9.17, 15) is 0 Å². The first kappa shape index (κ1) is 14.6. The highest BCUT2D eigenvalue weighted by atomic mass is 15.1. The molecule has 0 unspecified atom stereocenters. The van der Waals surface area contributed by atoms with Gasteiger partial charge in [-0.1, -0.05) is 52.0 Å². The Morgan fingerprint density at radius 3 is 2.25 bits per heavy atom. The third kappa shape index (κ3) is 2.72. The maximum Gasteiger partial charge on any atom is 0.131 e. The van der Waals surface area contributed by atoms with Crippen LogP contribution >= 0.6 is 0 Å². The Bertz CT molecular complexity index is 586. The van der Waals surface area contributed by atoms with Gasteiger partial charge < -0.3 is 10.3 Å². The monoisotopic (exact) mass is 271 g/mol.